The third-order valence-corrected chi connectivity index (χ3v) is 2.63. The summed E-state index contributed by atoms with van der Waals surface area (Å²) in [6, 6.07) is 6.17. The second-order valence-electron chi connectivity index (χ2n) is 2.87. The summed E-state index contributed by atoms with van der Waals surface area (Å²) in [6.07, 6.45) is 2.06. The lowest BCUT2D eigenvalue weighted by Gasteiger charge is -2.06. The summed E-state index contributed by atoms with van der Waals surface area (Å²) in [5.74, 6) is 0.724. The van der Waals surface area contributed by atoms with Crippen molar-refractivity contribution < 1.29 is 0 Å². The van der Waals surface area contributed by atoms with Gasteiger partial charge in [0.05, 0.1) is 0 Å². The maximum absolute atomic E-state index is 5.63. The first-order chi connectivity index (χ1) is 5.75. The summed E-state index contributed by atoms with van der Waals surface area (Å²) in [6.45, 7) is 2.11. The first-order valence-electron chi connectivity index (χ1n) is 4.09. The number of hydrogen-bond donors (Lipinski definition) is 1. The number of thiol groups is 1. The van der Waals surface area contributed by atoms with Crippen molar-refractivity contribution in [2.45, 2.75) is 24.7 Å². The summed E-state index contributed by atoms with van der Waals surface area (Å²) in [5, 5.41) is 0. The second-order valence-corrected chi connectivity index (χ2v) is 3.72. The van der Waals surface area contributed by atoms with Crippen LogP contribution in [0.4, 0.5) is 0 Å². The normalized spacial score (nSPS) is 10.2. The fourth-order valence-corrected chi connectivity index (χ4v) is 1.76. The molecule has 0 N–H and O–H groups in total. The third kappa shape index (κ3) is 2.43. The molecule has 0 amide bonds. The molecule has 2 heteroatoms. The molecule has 1 aromatic carbocycles. The summed E-state index contributed by atoms with van der Waals surface area (Å²) in [4.78, 5) is 1.08. The minimum absolute atomic E-state index is 0.724. The Morgan fingerprint density at radius 3 is 2.75 bits per heavy atom. The zero-order valence-electron chi connectivity index (χ0n) is 7.18. The van der Waals surface area contributed by atoms with Crippen LogP contribution in [0.3, 0.4) is 0 Å². The van der Waals surface area contributed by atoms with Crippen LogP contribution in [0.25, 0.3) is 0 Å². The van der Waals surface area contributed by atoms with E-state index in [0.29, 0.717) is 0 Å². The summed E-state index contributed by atoms with van der Waals surface area (Å²) < 4.78 is 0. The van der Waals surface area contributed by atoms with Crippen LogP contribution in [0.1, 0.15) is 17.5 Å². The Hall–Kier alpha value is -0.140. The predicted molar refractivity (Wildman–Crippen MR) is 57.5 cm³/mol. The molecule has 1 rings (SSSR count). The fraction of sp³-hybridized carbons (Fsp3) is 0.400. The second kappa shape index (κ2) is 4.78. The van der Waals surface area contributed by atoms with Crippen molar-refractivity contribution in [2.75, 3.05) is 5.88 Å². The molecule has 0 aliphatic heterocycles. The monoisotopic (exact) mass is 200 g/mol. The average Bonchev–Trinajstić information content (AvgIpc) is 2.04. The van der Waals surface area contributed by atoms with Gasteiger partial charge in [-0.1, -0.05) is 12.1 Å². The van der Waals surface area contributed by atoms with Crippen LogP contribution in [-0.2, 0) is 6.42 Å². The Labute approximate surface area is 84.3 Å². The van der Waals surface area contributed by atoms with Crippen molar-refractivity contribution in [2.24, 2.45) is 0 Å². The molecule has 0 atom stereocenters. The number of halogens is 1. The molecular formula is C10H13ClS. The van der Waals surface area contributed by atoms with Gasteiger partial charge in [0.1, 0.15) is 0 Å². The molecule has 0 fully saturated rings. The van der Waals surface area contributed by atoms with Gasteiger partial charge in [-0.05, 0) is 37.0 Å². The topological polar surface area (TPSA) is 0 Å². The van der Waals surface area contributed by atoms with Gasteiger partial charge in [-0.15, -0.1) is 24.2 Å². The van der Waals surface area contributed by atoms with Crippen molar-refractivity contribution in [3.8, 4) is 0 Å². The maximum atomic E-state index is 5.63. The zero-order chi connectivity index (χ0) is 8.97. The third-order valence-electron chi connectivity index (χ3n) is 1.95. The van der Waals surface area contributed by atoms with E-state index < -0.39 is 0 Å². The van der Waals surface area contributed by atoms with E-state index >= 15 is 0 Å². The largest absolute Gasteiger partial charge is 0.143 e. The van der Waals surface area contributed by atoms with Crippen molar-refractivity contribution in [3.05, 3.63) is 29.3 Å². The Bertz CT molecular complexity index is 238. The average molecular weight is 201 g/mol. The highest BCUT2D eigenvalue weighted by Crippen LogP contribution is 2.19. The van der Waals surface area contributed by atoms with E-state index in [9.17, 15) is 0 Å². The lowest BCUT2D eigenvalue weighted by Crippen LogP contribution is -1.92. The van der Waals surface area contributed by atoms with Gasteiger partial charge in [0, 0.05) is 10.8 Å². The first-order valence-corrected chi connectivity index (χ1v) is 5.07. The maximum Gasteiger partial charge on any atom is 0.0226 e. The smallest absolute Gasteiger partial charge is 0.0226 e. The van der Waals surface area contributed by atoms with E-state index in [-0.39, 0.29) is 0 Å². The van der Waals surface area contributed by atoms with Crippen molar-refractivity contribution in [1.29, 1.82) is 0 Å². The van der Waals surface area contributed by atoms with Crippen LogP contribution in [-0.4, -0.2) is 5.88 Å². The number of hydrogen-bond acceptors (Lipinski definition) is 1. The van der Waals surface area contributed by atoms with Gasteiger partial charge in [-0.2, -0.15) is 0 Å². The lowest BCUT2D eigenvalue weighted by molar-refractivity contribution is 0.897. The first kappa shape index (κ1) is 9.94. The van der Waals surface area contributed by atoms with Crippen LogP contribution in [0.2, 0.25) is 0 Å². The molecule has 0 nitrogen and oxygen atoms in total. The Morgan fingerprint density at radius 2 is 2.17 bits per heavy atom. The molecular weight excluding hydrogens is 188 g/mol. The molecule has 0 saturated heterocycles. The molecule has 0 heterocycles. The Balaban J connectivity index is 2.81. The molecule has 12 heavy (non-hydrogen) atoms. The minimum Gasteiger partial charge on any atom is -0.143 e. The number of aryl methyl sites for hydroxylation is 1. The van der Waals surface area contributed by atoms with Crippen LogP contribution in [0.15, 0.2) is 23.1 Å². The zero-order valence-corrected chi connectivity index (χ0v) is 8.83. The van der Waals surface area contributed by atoms with Gasteiger partial charge in [-0.3, -0.25) is 0 Å². The van der Waals surface area contributed by atoms with Crippen molar-refractivity contribution in [3.63, 3.8) is 0 Å². The predicted octanol–water partition coefficient (Wildman–Crippen LogP) is 3.46. The Morgan fingerprint density at radius 1 is 1.42 bits per heavy atom. The molecule has 0 aliphatic rings. The molecule has 0 radical (unpaired) electrons. The van der Waals surface area contributed by atoms with Crippen LogP contribution in [0.5, 0.6) is 0 Å². The molecule has 0 bridgehead atoms. The van der Waals surface area contributed by atoms with E-state index in [1.165, 1.54) is 11.1 Å². The van der Waals surface area contributed by atoms with Gasteiger partial charge in [0.2, 0.25) is 0 Å². The highest BCUT2D eigenvalue weighted by Gasteiger charge is 2.00. The van der Waals surface area contributed by atoms with E-state index in [1.807, 2.05) is 12.1 Å². The van der Waals surface area contributed by atoms with Gasteiger partial charge >= 0.3 is 0 Å². The van der Waals surface area contributed by atoms with E-state index in [0.717, 1.165) is 23.6 Å². The van der Waals surface area contributed by atoms with E-state index in [2.05, 4.69) is 25.6 Å². The van der Waals surface area contributed by atoms with Gasteiger partial charge < -0.3 is 0 Å². The minimum atomic E-state index is 0.724. The summed E-state index contributed by atoms with van der Waals surface area (Å²) >= 11 is 10.0. The summed E-state index contributed by atoms with van der Waals surface area (Å²) in [7, 11) is 0. The van der Waals surface area contributed by atoms with Crippen LogP contribution in [0, 0.1) is 6.92 Å². The molecule has 0 aliphatic carbocycles. The van der Waals surface area contributed by atoms with Gasteiger partial charge in [-0.25, -0.2) is 0 Å². The number of rotatable bonds is 3. The van der Waals surface area contributed by atoms with E-state index in [4.69, 9.17) is 11.6 Å². The summed E-state index contributed by atoms with van der Waals surface area (Å²) in [5.41, 5.74) is 2.65. The van der Waals surface area contributed by atoms with Crippen LogP contribution < -0.4 is 0 Å². The van der Waals surface area contributed by atoms with Crippen molar-refractivity contribution in [1.82, 2.24) is 0 Å². The van der Waals surface area contributed by atoms with E-state index in [1.54, 1.807) is 0 Å². The number of benzene rings is 1. The molecule has 0 saturated carbocycles. The van der Waals surface area contributed by atoms with Gasteiger partial charge in [0.25, 0.3) is 0 Å². The molecule has 0 aromatic heterocycles. The quantitative estimate of drug-likeness (QED) is 0.561. The molecule has 1 aromatic rings. The molecule has 66 valence electrons. The fourth-order valence-electron chi connectivity index (χ4n) is 1.26. The lowest BCUT2D eigenvalue weighted by atomic mass is 10.0. The molecule has 0 unspecified atom stereocenters. The standard InChI is InChI=1S/C10H13ClS/c1-8-4-2-6-10(12)9(8)5-3-7-11/h2,4,6,12H,3,5,7H2,1H3. The number of alkyl halides is 1. The highest BCUT2D eigenvalue weighted by atomic mass is 35.5. The molecule has 0 spiro atoms. The van der Waals surface area contributed by atoms with Gasteiger partial charge in [0.15, 0.2) is 0 Å². The highest BCUT2D eigenvalue weighted by molar-refractivity contribution is 7.80. The Kier molecular flexibility index (Phi) is 3.96. The SMILES string of the molecule is Cc1cccc(S)c1CCCCl. The van der Waals surface area contributed by atoms with Crippen molar-refractivity contribution >= 4 is 24.2 Å². The van der Waals surface area contributed by atoms with Crippen LogP contribution >= 0.6 is 24.2 Å².